The van der Waals surface area contributed by atoms with Crippen LogP contribution in [0.1, 0.15) is 213 Å². The van der Waals surface area contributed by atoms with E-state index in [1.54, 1.807) is 0 Å². The van der Waals surface area contributed by atoms with Gasteiger partial charge in [0.15, 0.2) is 0 Å². The zero-order chi connectivity index (χ0) is 29.2. The summed E-state index contributed by atoms with van der Waals surface area (Å²) in [4.78, 5) is 13.4. The van der Waals surface area contributed by atoms with Crippen molar-refractivity contribution in [2.24, 2.45) is 0 Å². The molecule has 0 saturated heterocycles. The van der Waals surface area contributed by atoms with E-state index in [0.717, 1.165) is 19.4 Å². The van der Waals surface area contributed by atoms with Crippen molar-refractivity contribution in [3.63, 3.8) is 0 Å². The average Bonchev–Trinajstić information content (AvgIpc) is 2.95. The molecule has 0 aromatic rings. The third-order valence-electron chi connectivity index (χ3n) is 8.76. The third kappa shape index (κ3) is 38.4. The molecule has 0 radical (unpaired) electrons. The number of carbonyl (C=O) groups is 1. The first-order valence-corrected chi connectivity index (χ1v) is 18.6. The molecule has 0 bridgehead atoms. The van der Waals surface area contributed by atoms with Crippen LogP contribution in [-0.4, -0.2) is 30.5 Å². The van der Waals surface area contributed by atoms with Crippen LogP contribution in [0.15, 0.2) is 0 Å². The summed E-state index contributed by atoms with van der Waals surface area (Å²) < 4.78 is 0. The molecule has 240 valence electrons. The number of rotatable bonds is 35. The Morgan fingerprint density at radius 2 is 0.610 bits per heavy atom. The zero-order valence-corrected chi connectivity index (χ0v) is 30.8. The molecule has 0 unspecified atom stereocenters. The van der Waals surface area contributed by atoms with Crippen molar-refractivity contribution >= 4 is 5.97 Å². The fraction of sp³-hybridized carbons (Fsp3) is 0.973. The predicted molar refractivity (Wildman–Crippen MR) is 176 cm³/mol. The second kappa shape index (κ2) is 38.5. The summed E-state index contributed by atoms with van der Waals surface area (Å²) in [5, 5.41) is 10.8. The normalized spacial score (nSPS) is 11.3. The summed E-state index contributed by atoms with van der Waals surface area (Å²) in [7, 11) is 0. The van der Waals surface area contributed by atoms with E-state index in [2.05, 4.69) is 18.7 Å². The summed E-state index contributed by atoms with van der Waals surface area (Å²) in [6, 6.07) is 0. The maximum absolute atomic E-state index is 10.8. The van der Waals surface area contributed by atoms with E-state index in [1.807, 2.05) is 0 Å². The first kappa shape index (κ1) is 43.6. The zero-order valence-electron chi connectivity index (χ0n) is 28.8. The minimum absolute atomic E-state index is 0. The molecule has 0 amide bonds. The number of aliphatic carboxylic acids is 1. The van der Waals surface area contributed by atoms with E-state index in [4.69, 9.17) is 0 Å². The molecule has 0 atom stereocenters. The van der Waals surface area contributed by atoms with Crippen LogP contribution in [0.5, 0.6) is 0 Å². The van der Waals surface area contributed by atoms with Crippen molar-refractivity contribution in [1.29, 1.82) is 0 Å². The number of hydrogen-bond acceptors (Lipinski definition) is 3. The molecule has 0 aliphatic carbocycles. The summed E-state index contributed by atoms with van der Waals surface area (Å²) in [6.45, 7) is 8.04. The summed E-state index contributed by atoms with van der Waals surface area (Å²) in [6.07, 6.45) is 41.4. The van der Waals surface area contributed by atoms with Crippen LogP contribution in [0.2, 0.25) is 0 Å². The van der Waals surface area contributed by atoms with Crippen molar-refractivity contribution in [3.05, 3.63) is 0 Å². The van der Waals surface area contributed by atoms with Crippen LogP contribution >= 0.6 is 0 Å². The molecule has 0 N–H and O–H groups in total. The third-order valence-corrected chi connectivity index (χ3v) is 8.76. The van der Waals surface area contributed by atoms with Crippen LogP contribution in [-0.2, 0) is 4.79 Å². The monoisotopic (exact) mass is 588 g/mol. The minimum atomic E-state index is -0.898. The van der Waals surface area contributed by atoms with Gasteiger partial charge >= 0.3 is 29.6 Å². The smallest absolute Gasteiger partial charge is 0.550 e. The molecule has 0 aliphatic rings. The minimum Gasteiger partial charge on any atom is -0.550 e. The van der Waals surface area contributed by atoms with Gasteiger partial charge in [-0.3, -0.25) is 0 Å². The van der Waals surface area contributed by atoms with Crippen LogP contribution in [0.25, 0.3) is 0 Å². The standard InChI is InChI=1S/C37H75NO2.Na/c1-3-5-7-9-11-13-15-17-19-21-23-25-27-30-34-38(36-32-29-33-37(39)40)35-31-28-26-24-22-20-18-16-14-12-10-8-6-4-2;/h3-36H2,1-2H3,(H,39,40);/q;+1/p-1. The number of hydrogen-bond donors (Lipinski definition) is 0. The summed E-state index contributed by atoms with van der Waals surface area (Å²) >= 11 is 0. The van der Waals surface area contributed by atoms with E-state index in [9.17, 15) is 9.90 Å². The molecule has 0 fully saturated rings. The predicted octanol–water partition coefficient (Wildman–Crippen LogP) is 8.18. The second-order valence-corrected chi connectivity index (χ2v) is 12.9. The van der Waals surface area contributed by atoms with Gasteiger partial charge in [0.2, 0.25) is 0 Å². The van der Waals surface area contributed by atoms with E-state index in [1.165, 1.54) is 193 Å². The maximum Gasteiger partial charge on any atom is 1.00 e. The molecular weight excluding hydrogens is 513 g/mol. The Bertz CT molecular complexity index is 456. The first-order valence-electron chi connectivity index (χ1n) is 18.6. The fourth-order valence-corrected chi connectivity index (χ4v) is 6.00. The van der Waals surface area contributed by atoms with Gasteiger partial charge in [-0.05, 0) is 51.7 Å². The van der Waals surface area contributed by atoms with Gasteiger partial charge in [-0.1, -0.05) is 181 Å². The van der Waals surface area contributed by atoms with E-state index in [-0.39, 0.29) is 36.0 Å². The topological polar surface area (TPSA) is 43.4 Å². The van der Waals surface area contributed by atoms with Gasteiger partial charge in [-0.25, -0.2) is 0 Å². The number of unbranched alkanes of at least 4 members (excludes halogenated alkanes) is 27. The largest absolute Gasteiger partial charge is 1.00 e. The number of nitrogens with zero attached hydrogens (tertiary/aromatic N) is 1. The Balaban J connectivity index is 0. The van der Waals surface area contributed by atoms with Gasteiger partial charge < -0.3 is 14.8 Å². The van der Waals surface area contributed by atoms with Crippen molar-refractivity contribution in [2.45, 2.75) is 213 Å². The molecule has 0 saturated carbocycles. The van der Waals surface area contributed by atoms with Crippen LogP contribution in [0, 0.1) is 0 Å². The molecule has 0 rings (SSSR count). The van der Waals surface area contributed by atoms with E-state index >= 15 is 0 Å². The number of carboxylic acids is 1. The summed E-state index contributed by atoms with van der Waals surface area (Å²) in [5.74, 6) is -0.898. The molecule has 0 spiro atoms. The van der Waals surface area contributed by atoms with Crippen molar-refractivity contribution < 1.29 is 39.5 Å². The van der Waals surface area contributed by atoms with Crippen molar-refractivity contribution in [2.75, 3.05) is 19.6 Å². The van der Waals surface area contributed by atoms with Crippen molar-refractivity contribution in [3.8, 4) is 0 Å². The Hall–Kier alpha value is 0.430. The van der Waals surface area contributed by atoms with E-state index in [0.29, 0.717) is 0 Å². The average molecular weight is 588 g/mol. The Morgan fingerprint density at radius 3 is 0.854 bits per heavy atom. The molecular formula is C37H74NNaO2. The Morgan fingerprint density at radius 1 is 0.390 bits per heavy atom. The SMILES string of the molecule is CCCCCCCCCCCCCCCCN(CCCCCCCCCCCCCCCC)CCCCC(=O)[O-].[Na+]. The van der Waals surface area contributed by atoms with Gasteiger partial charge in [-0.15, -0.1) is 0 Å². The second-order valence-electron chi connectivity index (χ2n) is 12.9. The molecule has 0 aromatic heterocycles. The van der Waals surface area contributed by atoms with Crippen LogP contribution in [0.3, 0.4) is 0 Å². The maximum atomic E-state index is 10.8. The molecule has 0 aliphatic heterocycles. The van der Waals surface area contributed by atoms with Gasteiger partial charge in [0, 0.05) is 5.97 Å². The van der Waals surface area contributed by atoms with Gasteiger partial charge in [0.25, 0.3) is 0 Å². The molecule has 3 nitrogen and oxygen atoms in total. The molecule has 4 heteroatoms. The van der Waals surface area contributed by atoms with Gasteiger partial charge in [0.1, 0.15) is 0 Å². The van der Waals surface area contributed by atoms with Crippen molar-refractivity contribution in [1.82, 2.24) is 4.90 Å². The molecule has 0 aromatic carbocycles. The van der Waals surface area contributed by atoms with Crippen LogP contribution in [0.4, 0.5) is 0 Å². The number of carboxylic acid groups (broad SMARTS) is 1. The van der Waals surface area contributed by atoms with Crippen LogP contribution < -0.4 is 34.7 Å². The molecule has 41 heavy (non-hydrogen) atoms. The first-order chi connectivity index (χ1) is 19.7. The van der Waals surface area contributed by atoms with E-state index < -0.39 is 5.97 Å². The quantitative estimate of drug-likeness (QED) is 0.0555. The number of carbonyl (C=O) groups excluding carboxylic acids is 1. The fourth-order valence-electron chi connectivity index (χ4n) is 6.00. The molecule has 0 heterocycles. The summed E-state index contributed by atoms with van der Waals surface area (Å²) in [5.41, 5.74) is 0. The van der Waals surface area contributed by atoms with Gasteiger partial charge in [0.05, 0.1) is 0 Å². The Labute approximate surface area is 281 Å². The van der Waals surface area contributed by atoms with Gasteiger partial charge in [-0.2, -0.15) is 0 Å². The Kier molecular flexibility index (Phi) is 40.9.